The summed E-state index contributed by atoms with van der Waals surface area (Å²) < 4.78 is 0. The van der Waals surface area contributed by atoms with E-state index >= 15 is 0 Å². The number of hydrogen-bond acceptors (Lipinski definition) is 1. The standard InChI is InChI=1S/C10H19N/c1-2-9-7-10(9)11-6-5-8-3-4-8/h8-11H,2-7H2,1H3. The molecule has 0 aliphatic heterocycles. The smallest absolute Gasteiger partial charge is 0.00990 e. The predicted octanol–water partition coefficient (Wildman–Crippen LogP) is 2.17. The molecule has 0 aromatic carbocycles. The molecule has 1 nitrogen and oxygen atoms in total. The maximum Gasteiger partial charge on any atom is 0.00990 e. The van der Waals surface area contributed by atoms with Gasteiger partial charge >= 0.3 is 0 Å². The quantitative estimate of drug-likeness (QED) is 0.638. The normalized spacial score (nSPS) is 35.7. The Kier molecular flexibility index (Phi) is 2.17. The molecule has 11 heavy (non-hydrogen) atoms. The minimum atomic E-state index is 0.902. The van der Waals surface area contributed by atoms with Crippen LogP contribution < -0.4 is 5.32 Å². The molecule has 2 saturated carbocycles. The van der Waals surface area contributed by atoms with Crippen LogP contribution in [0.2, 0.25) is 0 Å². The Labute approximate surface area is 69.6 Å². The van der Waals surface area contributed by atoms with Gasteiger partial charge in [0.2, 0.25) is 0 Å². The second-order valence-corrected chi connectivity index (χ2v) is 4.20. The molecular weight excluding hydrogens is 134 g/mol. The van der Waals surface area contributed by atoms with Crippen LogP contribution in [0, 0.1) is 11.8 Å². The van der Waals surface area contributed by atoms with Gasteiger partial charge in [-0.3, -0.25) is 0 Å². The van der Waals surface area contributed by atoms with E-state index in [4.69, 9.17) is 0 Å². The lowest BCUT2D eigenvalue weighted by Crippen LogP contribution is -2.19. The van der Waals surface area contributed by atoms with Crippen molar-refractivity contribution in [2.45, 2.75) is 45.1 Å². The molecule has 0 bridgehead atoms. The zero-order chi connectivity index (χ0) is 7.68. The van der Waals surface area contributed by atoms with Crippen molar-refractivity contribution in [2.24, 2.45) is 11.8 Å². The second kappa shape index (κ2) is 3.14. The van der Waals surface area contributed by atoms with Crippen LogP contribution in [0.5, 0.6) is 0 Å². The summed E-state index contributed by atoms with van der Waals surface area (Å²) in [6, 6.07) is 0.902. The molecule has 0 saturated heterocycles. The van der Waals surface area contributed by atoms with Gasteiger partial charge in [0, 0.05) is 6.04 Å². The lowest BCUT2D eigenvalue weighted by atomic mass is 10.3. The first-order valence-corrected chi connectivity index (χ1v) is 5.13. The van der Waals surface area contributed by atoms with E-state index in [0.717, 1.165) is 17.9 Å². The molecule has 2 aliphatic carbocycles. The maximum atomic E-state index is 3.63. The summed E-state index contributed by atoms with van der Waals surface area (Å²) in [7, 11) is 0. The molecule has 2 unspecified atom stereocenters. The van der Waals surface area contributed by atoms with Gasteiger partial charge in [-0.1, -0.05) is 26.2 Å². The minimum absolute atomic E-state index is 0.902. The fraction of sp³-hybridized carbons (Fsp3) is 1.00. The molecule has 0 amide bonds. The van der Waals surface area contributed by atoms with Gasteiger partial charge < -0.3 is 5.32 Å². The van der Waals surface area contributed by atoms with E-state index in [-0.39, 0.29) is 0 Å². The summed E-state index contributed by atoms with van der Waals surface area (Å²) in [6.45, 7) is 3.58. The van der Waals surface area contributed by atoms with Crippen LogP contribution >= 0.6 is 0 Å². The Hall–Kier alpha value is -0.0400. The lowest BCUT2D eigenvalue weighted by Gasteiger charge is -2.01. The van der Waals surface area contributed by atoms with Crippen LogP contribution in [-0.2, 0) is 0 Å². The molecule has 64 valence electrons. The van der Waals surface area contributed by atoms with Gasteiger partial charge in [0.05, 0.1) is 0 Å². The van der Waals surface area contributed by atoms with Crippen molar-refractivity contribution in [1.82, 2.24) is 5.32 Å². The molecule has 2 fully saturated rings. The van der Waals surface area contributed by atoms with E-state index in [2.05, 4.69) is 12.2 Å². The maximum absolute atomic E-state index is 3.63. The van der Waals surface area contributed by atoms with Gasteiger partial charge in [-0.05, 0) is 31.2 Å². The third-order valence-corrected chi connectivity index (χ3v) is 3.10. The van der Waals surface area contributed by atoms with E-state index in [1.165, 1.54) is 38.6 Å². The SMILES string of the molecule is CCC1CC1NCCC1CC1. The summed E-state index contributed by atoms with van der Waals surface area (Å²) in [6.07, 6.45) is 7.27. The summed E-state index contributed by atoms with van der Waals surface area (Å²) >= 11 is 0. The number of hydrogen-bond donors (Lipinski definition) is 1. The fourth-order valence-electron chi connectivity index (χ4n) is 1.83. The van der Waals surface area contributed by atoms with Crippen LogP contribution in [-0.4, -0.2) is 12.6 Å². The molecule has 2 atom stereocenters. The molecule has 0 radical (unpaired) electrons. The van der Waals surface area contributed by atoms with Crippen LogP contribution in [0.25, 0.3) is 0 Å². The van der Waals surface area contributed by atoms with Crippen molar-refractivity contribution in [1.29, 1.82) is 0 Å². The third-order valence-electron chi connectivity index (χ3n) is 3.10. The van der Waals surface area contributed by atoms with Gasteiger partial charge in [0.15, 0.2) is 0 Å². The van der Waals surface area contributed by atoms with Gasteiger partial charge in [0.1, 0.15) is 0 Å². The first-order chi connectivity index (χ1) is 5.40. The number of rotatable bonds is 5. The lowest BCUT2D eigenvalue weighted by molar-refractivity contribution is 0.578. The molecule has 1 heteroatoms. The fourth-order valence-corrected chi connectivity index (χ4v) is 1.83. The van der Waals surface area contributed by atoms with E-state index in [9.17, 15) is 0 Å². The average Bonchev–Trinajstić information content (AvgIpc) is 2.79. The molecule has 0 heterocycles. The second-order valence-electron chi connectivity index (χ2n) is 4.20. The zero-order valence-electron chi connectivity index (χ0n) is 7.47. The zero-order valence-corrected chi connectivity index (χ0v) is 7.47. The van der Waals surface area contributed by atoms with Crippen molar-refractivity contribution in [3.63, 3.8) is 0 Å². The number of nitrogens with one attached hydrogen (secondary N) is 1. The van der Waals surface area contributed by atoms with Crippen LogP contribution in [0.1, 0.15) is 39.0 Å². The molecular formula is C10H19N. The molecule has 0 spiro atoms. The van der Waals surface area contributed by atoms with Crippen molar-refractivity contribution < 1.29 is 0 Å². The Morgan fingerprint density at radius 3 is 2.73 bits per heavy atom. The van der Waals surface area contributed by atoms with Crippen LogP contribution in [0.3, 0.4) is 0 Å². The highest BCUT2D eigenvalue weighted by Crippen LogP contribution is 2.35. The predicted molar refractivity (Wildman–Crippen MR) is 47.5 cm³/mol. The van der Waals surface area contributed by atoms with Crippen LogP contribution in [0.15, 0.2) is 0 Å². The van der Waals surface area contributed by atoms with Crippen molar-refractivity contribution in [3.8, 4) is 0 Å². The van der Waals surface area contributed by atoms with E-state index in [1.54, 1.807) is 0 Å². The van der Waals surface area contributed by atoms with E-state index in [0.29, 0.717) is 0 Å². The first-order valence-electron chi connectivity index (χ1n) is 5.13. The Bertz CT molecular complexity index is 129. The summed E-state index contributed by atoms with van der Waals surface area (Å²) in [4.78, 5) is 0. The average molecular weight is 153 g/mol. The molecule has 1 N–H and O–H groups in total. The van der Waals surface area contributed by atoms with E-state index in [1.807, 2.05) is 0 Å². The minimum Gasteiger partial charge on any atom is -0.314 e. The molecule has 0 aromatic rings. The molecule has 2 aliphatic rings. The topological polar surface area (TPSA) is 12.0 Å². The highest BCUT2D eigenvalue weighted by molar-refractivity contribution is 4.92. The first kappa shape index (κ1) is 7.60. The van der Waals surface area contributed by atoms with Gasteiger partial charge in [-0.25, -0.2) is 0 Å². The Balaban J connectivity index is 1.47. The third kappa shape index (κ3) is 2.19. The summed E-state index contributed by atoms with van der Waals surface area (Å²) in [5.74, 6) is 2.12. The van der Waals surface area contributed by atoms with E-state index < -0.39 is 0 Å². The van der Waals surface area contributed by atoms with Gasteiger partial charge in [0.25, 0.3) is 0 Å². The highest BCUT2D eigenvalue weighted by atomic mass is 15.0. The highest BCUT2D eigenvalue weighted by Gasteiger charge is 2.34. The Morgan fingerprint density at radius 1 is 1.36 bits per heavy atom. The largest absolute Gasteiger partial charge is 0.314 e. The van der Waals surface area contributed by atoms with Gasteiger partial charge in [-0.15, -0.1) is 0 Å². The Morgan fingerprint density at radius 2 is 2.18 bits per heavy atom. The summed E-state index contributed by atoms with van der Waals surface area (Å²) in [5.41, 5.74) is 0. The van der Waals surface area contributed by atoms with Crippen molar-refractivity contribution in [3.05, 3.63) is 0 Å². The van der Waals surface area contributed by atoms with Crippen molar-refractivity contribution >= 4 is 0 Å². The molecule has 0 aromatic heterocycles. The monoisotopic (exact) mass is 153 g/mol. The van der Waals surface area contributed by atoms with Crippen LogP contribution in [0.4, 0.5) is 0 Å². The summed E-state index contributed by atoms with van der Waals surface area (Å²) in [5, 5.41) is 3.63. The van der Waals surface area contributed by atoms with Gasteiger partial charge in [-0.2, -0.15) is 0 Å². The molecule has 2 rings (SSSR count). The van der Waals surface area contributed by atoms with Crippen molar-refractivity contribution in [2.75, 3.05) is 6.54 Å².